The van der Waals surface area contributed by atoms with Gasteiger partial charge in [0.05, 0.1) is 10.8 Å². The van der Waals surface area contributed by atoms with E-state index in [1.807, 2.05) is 13.8 Å². The summed E-state index contributed by atoms with van der Waals surface area (Å²) in [7, 11) is 0. The van der Waals surface area contributed by atoms with E-state index in [1.165, 1.54) is 34.0 Å². The third-order valence-corrected chi connectivity index (χ3v) is 5.20. The predicted octanol–water partition coefficient (Wildman–Crippen LogP) is 2.91. The molecule has 122 valence electrons. The molecule has 0 atom stereocenters. The Balaban J connectivity index is 1.74. The highest BCUT2D eigenvalue weighted by Crippen LogP contribution is 2.23. The molecule has 0 bridgehead atoms. The highest BCUT2D eigenvalue weighted by atomic mass is 32.2. The van der Waals surface area contributed by atoms with E-state index < -0.39 is 5.97 Å². The number of carbonyl (C=O) groups is 2. The van der Waals surface area contributed by atoms with Crippen molar-refractivity contribution in [1.29, 1.82) is 0 Å². The van der Waals surface area contributed by atoms with Crippen LogP contribution in [0.25, 0.3) is 0 Å². The summed E-state index contributed by atoms with van der Waals surface area (Å²) < 4.78 is 0. The number of nitrogens with zero attached hydrogens (tertiary/aromatic N) is 1. The number of aryl methyl sites for hydroxylation is 2. The molecule has 7 heteroatoms. The maximum atomic E-state index is 11.9. The van der Waals surface area contributed by atoms with Gasteiger partial charge in [0.25, 0.3) is 0 Å². The molecule has 23 heavy (non-hydrogen) atoms. The molecule has 0 unspecified atom stereocenters. The van der Waals surface area contributed by atoms with Gasteiger partial charge in [0, 0.05) is 23.2 Å². The van der Waals surface area contributed by atoms with Gasteiger partial charge in [-0.25, -0.2) is 9.78 Å². The van der Waals surface area contributed by atoms with Crippen LogP contribution in [0.5, 0.6) is 0 Å². The molecule has 0 aliphatic heterocycles. The van der Waals surface area contributed by atoms with Crippen LogP contribution in [0.15, 0.2) is 28.5 Å². The van der Waals surface area contributed by atoms with Gasteiger partial charge in [-0.15, -0.1) is 23.1 Å². The molecule has 0 aliphatic rings. The number of benzene rings is 1. The van der Waals surface area contributed by atoms with Crippen molar-refractivity contribution in [1.82, 2.24) is 10.3 Å². The van der Waals surface area contributed by atoms with Gasteiger partial charge >= 0.3 is 5.97 Å². The third-order valence-electron chi connectivity index (χ3n) is 3.13. The fourth-order valence-corrected chi connectivity index (χ4v) is 3.62. The summed E-state index contributed by atoms with van der Waals surface area (Å²) in [6.45, 7) is 4.52. The monoisotopic (exact) mass is 350 g/mol. The summed E-state index contributed by atoms with van der Waals surface area (Å²) in [6.07, 6.45) is 0.540. The fourth-order valence-electron chi connectivity index (χ4n) is 1.89. The normalized spacial score (nSPS) is 10.5. The van der Waals surface area contributed by atoms with Crippen LogP contribution in [0, 0.1) is 13.8 Å². The Kier molecular flexibility index (Phi) is 6.18. The number of carboxylic acid groups (broad SMARTS) is 1. The van der Waals surface area contributed by atoms with Crippen LogP contribution >= 0.6 is 23.1 Å². The molecular formula is C16H18N2O3S2. The van der Waals surface area contributed by atoms with E-state index in [2.05, 4.69) is 28.5 Å². The number of carbonyl (C=O) groups excluding carboxylic acids is 1. The molecular weight excluding hydrogens is 332 g/mol. The Labute approximate surface area is 143 Å². The summed E-state index contributed by atoms with van der Waals surface area (Å²) in [4.78, 5) is 27.7. The van der Waals surface area contributed by atoms with Gasteiger partial charge in [-0.2, -0.15) is 0 Å². The van der Waals surface area contributed by atoms with Crippen molar-refractivity contribution in [3.05, 3.63) is 45.4 Å². The Bertz CT molecular complexity index is 713. The van der Waals surface area contributed by atoms with Crippen LogP contribution in [-0.4, -0.2) is 34.3 Å². The maximum absolute atomic E-state index is 11.9. The van der Waals surface area contributed by atoms with Gasteiger partial charge in [-0.1, -0.05) is 17.7 Å². The summed E-state index contributed by atoms with van der Waals surface area (Å²) in [5.41, 5.74) is 2.40. The molecule has 5 nitrogen and oxygen atoms in total. The minimum absolute atomic E-state index is 0.0362. The number of thioether (sulfide) groups is 1. The second-order valence-corrected chi connectivity index (χ2v) is 7.05. The number of rotatable bonds is 7. The Morgan fingerprint density at radius 1 is 1.35 bits per heavy atom. The summed E-state index contributed by atoms with van der Waals surface area (Å²) in [5, 5.41) is 13.9. The Morgan fingerprint density at radius 3 is 2.83 bits per heavy atom. The number of nitrogens with one attached hydrogen (secondary N) is 1. The van der Waals surface area contributed by atoms with E-state index >= 15 is 0 Å². The van der Waals surface area contributed by atoms with Crippen molar-refractivity contribution in [2.24, 2.45) is 0 Å². The molecule has 1 aromatic heterocycles. The quantitative estimate of drug-likeness (QED) is 0.751. The van der Waals surface area contributed by atoms with E-state index in [9.17, 15) is 9.59 Å². The molecule has 0 saturated heterocycles. The van der Waals surface area contributed by atoms with E-state index in [-0.39, 0.29) is 11.6 Å². The molecule has 0 fully saturated rings. The van der Waals surface area contributed by atoms with E-state index in [1.54, 1.807) is 0 Å². The van der Waals surface area contributed by atoms with E-state index in [0.29, 0.717) is 23.7 Å². The lowest BCUT2D eigenvalue weighted by Crippen LogP contribution is -2.27. The number of carboxylic acids is 1. The van der Waals surface area contributed by atoms with Crippen molar-refractivity contribution < 1.29 is 14.7 Å². The van der Waals surface area contributed by atoms with E-state index in [0.717, 1.165) is 10.5 Å². The standard InChI is InChI=1S/C16H18N2O3S2/c1-10-3-4-11(2)13(7-10)22-9-14(19)17-6-5-15-18-12(8-23-15)16(20)21/h3-4,7-8H,5-6,9H2,1-2H3,(H,17,19)(H,20,21). The third kappa shape index (κ3) is 5.37. The van der Waals surface area contributed by atoms with Crippen molar-refractivity contribution in [3.63, 3.8) is 0 Å². The van der Waals surface area contributed by atoms with Gasteiger partial charge in [0.2, 0.25) is 5.91 Å². The first-order valence-corrected chi connectivity index (χ1v) is 8.96. The molecule has 1 amide bonds. The van der Waals surface area contributed by atoms with Gasteiger partial charge in [-0.05, 0) is 25.5 Å². The second-order valence-electron chi connectivity index (χ2n) is 5.09. The first kappa shape index (κ1) is 17.5. The maximum Gasteiger partial charge on any atom is 0.355 e. The average Bonchev–Trinajstić information content (AvgIpc) is 2.97. The number of hydrogen-bond acceptors (Lipinski definition) is 5. The Hall–Kier alpha value is -1.86. The van der Waals surface area contributed by atoms with Crippen LogP contribution in [0.1, 0.15) is 26.6 Å². The van der Waals surface area contributed by atoms with Crippen molar-refractivity contribution in [2.75, 3.05) is 12.3 Å². The van der Waals surface area contributed by atoms with Gasteiger partial charge in [0.15, 0.2) is 5.69 Å². The van der Waals surface area contributed by atoms with Crippen molar-refractivity contribution >= 4 is 35.0 Å². The number of aromatic nitrogens is 1. The lowest BCUT2D eigenvalue weighted by molar-refractivity contribution is -0.118. The summed E-state index contributed by atoms with van der Waals surface area (Å²) in [6, 6.07) is 6.19. The van der Waals surface area contributed by atoms with Crippen molar-refractivity contribution in [3.8, 4) is 0 Å². The van der Waals surface area contributed by atoms with Crippen molar-refractivity contribution in [2.45, 2.75) is 25.2 Å². The largest absolute Gasteiger partial charge is 0.476 e. The van der Waals surface area contributed by atoms with E-state index in [4.69, 9.17) is 5.11 Å². The van der Waals surface area contributed by atoms with Crippen LogP contribution in [0.2, 0.25) is 0 Å². The minimum Gasteiger partial charge on any atom is -0.476 e. The topological polar surface area (TPSA) is 79.3 Å². The average molecular weight is 350 g/mol. The molecule has 2 N–H and O–H groups in total. The molecule has 1 aromatic carbocycles. The summed E-state index contributed by atoms with van der Waals surface area (Å²) >= 11 is 2.82. The highest BCUT2D eigenvalue weighted by Gasteiger charge is 2.09. The van der Waals surface area contributed by atoms with Crippen LogP contribution in [-0.2, 0) is 11.2 Å². The lowest BCUT2D eigenvalue weighted by Gasteiger charge is -2.07. The number of aromatic carboxylic acids is 1. The molecule has 1 heterocycles. The summed E-state index contributed by atoms with van der Waals surface area (Å²) in [5.74, 6) is -0.699. The van der Waals surface area contributed by atoms with Crippen LogP contribution < -0.4 is 5.32 Å². The number of hydrogen-bond donors (Lipinski definition) is 2. The lowest BCUT2D eigenvalue weighted by atomic mass is 10.2. The molecule has 0 aliphatic carbocycles. The van der Waals surface area contributed by atoms with Gasteiger partial charge in [-0.3, -0.25) is 4.79 Å². The zero-order chi connectivity index (χ0) is 16.8. The second kappa shape index (κ2) is 8.12. The zero-order valence-corrected chi connectivity index (χ0v) is 14.6. The SMILES string of the molecule is Cc1ccc(C)c(SCC(=O)NCCc2nc(C(=O)O)cs2)c1. The molecule has 2 rings (SSSR count). The minimum atomic E-state index is -1.03. The first-order valence-electron chi connectivity index (χ1n) is 7.10. The number of amides is 1. The Morgan fingerprint density at radius 2 is 2.13 bits per heavy atom. The smallest absolute Gasteiger partial charge is 0.355 e. The molecule has 2 aromatic rings. The van der Waals surface area contributed by atoms with Gasteiger partial charge < -0.3 is 10.4 Å². The number of thiazole rings is 1. The predicted molar refractivity (Wildman–Crippen MR) is 92.4 cm³/mol. The molecule has 0 saturated carbocycles. The van der Waals surface area contributed by atoms with Gasteiger partial charge in [0.1, 0.15) is 0 Å². The fraction of sp³-hybridized carbons (Fsp3) is 0.312. The molecule has 0 spiro atoms. The molecule has 0 radical (unpaired) electrons. The highest BCUT2D eigenvalue weighted by molar-refractivity contribution is 8.00. The van der Waals surface area contributed by atoms with Crippen LogP contribution in [0.4, 0.5) is 0 Å². The first-order chi connectivity index (χ1) is 11.0. The zero-order valence-electron chi connectivity index (χ0n) is 13.0. The van der Waals surface area contributed by atoms with Crippen LogP contribution in [0.3, 0.4) is 0 Å².